The Bertz CT molecular complexity index is 660. The van der Waals surface area contributed by atoms with Crippen molar-refractivity contribution in [2.45, 2.75) is 32.7 Å². The van der Waals surface area contributed by atoms with Gasteiger partial charge in [0.2, 0.25) is 15.9 Å². The predicted molar refractivity (Wildman–Crippen MR) is 91.5 cm³/mol. The molecule has 1 fully saturated rings. The Morgan fingerprint density at radius 3 is 2.87 bits per heavy atom. The number of aryl methyl sites for hydroxylation is 1. The van der Waals surface area contributed by atoms with Crippen LogP contribution in [0.1, 0.15) is 25.3 Å². The van der Waals surface area contributed by atoms with Gasteiger partial charge in [0.05, 0.1) is 11.8 Å². The van der Waals surface area contributed by atoms with E-state index >= 15 is 0 Å². The van der Waals surface area contributed by atoms with Crippen LogP contribution in [0.2, 0.25) is 0 Å². The van der Waals surface area contributed by atoms with Gasteiger partial charge in [-0.1, -0.05) is 12.1 Å². The van der Waals surface area contributed by atoms with Crippen LogP contribution >= 0.6 is 0 Å². The fraction of sp³-hybridized carbons (Fsp3) is 0.562. The Labute approximate surface area is 138 Å². The van der Waals surface area contributed by atoms with Crippen LogP contribution in [-0.4, -0.2) is 44.1 Å². The van der Waals surface area contributed by atoms with Crippen LogP contribution in [0.3, 0.4) is 0 Å². The molecule has 0 radical (unpaired) electrons. The van der Waals surface area contributed by atoms with Crippen LogP contribution in [0.4, 0.5) is 5.69 Å². The molecule has 0 aromatic heterocycles. The van der Waals surface area contributed by atoms with E-state index in [4.69, 9.17) is 5.14 Å². The first-order valence-corrected chi connectivity index (χ1v) is 9.58. The molecule has 0 unspecified atom stereocenters. The maximum absolute atomic E-state index is 12.4. The number of anilines is 1. The van der Waals surface area contributed by atoms with Crippen LogP contribution in [0.25, 0.3) is 0 Å². The number of carbonyl (C=O) groups is 1. The van der Waals surface area contributed by atoms with Crippen molar-refractivity contribution >= 4 is 21.6 Å². The van der Waals surface area contributed by atoms with E-state index in [-0.39, 0.29) is 23.6 Å². The molecule has 2 rings (SSSR count). The van der Waals surface area contributed by atoms with Crippen molar-refractivity contribution < 1.29 is 13.2 Å². The van der Waals surface area contributed by atoms with Crippen molar-refractivity contribution in [1.82, 2.24) is 4.90 Å². The monoisotopic (exact) mass is 339 g/mol. The molecular formula is C16H25N3O3S. The summed E-state index contributed by atoms with van der Waals surface area (Å²) in [6, 6.07) is 7.35. The second-order valence-electron chi connectivity index (χ2n) is 6.37. The first-order valence-electron chi connectivity index (χ1n) is 7.86. The molecule has 3 N–H and O–H groups in total. The number of benzene rings is 1. The van der Waals surface area contributed by atoms with Crippen molar-refractivity contribution in [3.63, 3.8) is 0 Å². The van der Waals surface area contributed by atoms with Gasteiger partial charge in [-0.05, 0) is 56.8 Å². The van der Waals surface area contributed by atoms with Crippen molar-refractivity contribution in [1.29, 1.82) is 0 Å². The van der Waals surface area contributed by atoms with Crippen LogP contribution in [0, 0.1) is 12.8 Å². The van der Waals surface area contributed by atoms with Crippen molar-refractivity contribution in [3.05, 3.63) is 29.8 Å². The van der Waals surface area contributed by atoms with E-state index in [1.54, 1.807) is 0 Å². The number of amides is 1. The highest BCUT2D eigenvalue weighted by Crippen LogP contribution is 2.20. The third-order valence-corrected chi connectivity index (χ3v) is 5.17. The SMILES string of the molecule is Cc1cccc(NC(=O)[C@@H](C)N2CCC[C@@H](CS(N)(=O)=O)C2)c1. The highest BCUT2D eigenvalue weighted by atomic mass is 32.2. The number of nitrogens with one attached hydrogen (secondary N) is 1. The van der Waals surface area contributed by atoms with Crippen LogP contribution in [-0.2, 0) is 14.8 Å². The van der Waals surface area contributed by atoms with Gasteiger partial charge in [0.15, 0.2) is 0 Å². The molecule has 1 aromatic rings. The summed E-state index contributed by atoms with van der Waals surface area (Å²) in [5.74, 6) is -0.102. The van der Waals surface area contributed by atoms with E-state index in [0.29, 0.717) is 6.54 Å². The summed E-state index contributed by atoms with van der Waals surface area (Å²) >= 11 is 0. The Balaban J connectivity index is 1.96. The minimum Gasteiger partial charge on any atom is -0.325 e. The zero-order chi connectivity index (χ0) is 17.0. The average molecular weight is 339 g/mol. The molecule has 1 amide bonds. The molecule has 0 spiro atoms. The summed E-state index contributed by atoms with van der Waals surface area (Å²) < 4.78 is 22.5. The third kappa shape index (κ3) is 5.60. The molecule has 0 saturated carbocycles. The quantitative estimate of drug-likeness (QED) is 0.846. The molecule has 2 atom stereocenters. The number of hydrogen-bond donors (Lipinski definition) is 2. The van der Waals surface area contributed by atoms with Crippen molar-refractivity contribution in [3.8, 4) is 0 Å². The van der Waals surface area contributed by atoms with Gasteiger partial charge >= 0.3 is 0 Å². The first kappa shape index (κ1) is 17.9. The first-order chi connectivity index (χ1) is 10.7. The van der Waals surface area contributed by atoms with E-state index in [2.05, 4.69) is 5.32 Å². The van der Waals surface area contributed by atoms with Gasteiger partial charge in [-0.25, -0.2) is 13.6 Å². The molecule has 1 aromatic carbocycles. The zero-order valence-corrected chi connectivity index (χ0v) is 14.5. The normalized spacial score (nSPS) is 20.9. The largest absolute Gasteiger partial charge is 0.325 e. The van der Waals surface area contributed by atoms with Crippen LogP contribution in [0.15, 0.2) is 24.3 Å². The fourth-order valence-corrected chi connectivity index (χ4v) is 3.98. The van der Waals surface area contributed by atoms with E-state index < -0.39 is 10.0 Å². The standard InChI is InChI=1S/C16H25N3O3S/c1-12-5-3-7-15(9-12)18-16(20)13(2)19-8-4-6-14(10-19)11-23(17,21)22/h3,5,7,9,13-14H,4,6,8,10-11H2,1-2H3,(H,18,20)(H2,17,21,22)/t13-,14-/m1/s1. The van der Waals surface area contributed by atoms with Gasteiger partial charge < -0.3 is 5.32 Å². The van der Waals surface area contributed by atoms with E-state index in [1.165, 1.54) is 0 Å². The molecule has 1 saturated heterocycles. The maximum atomic E-state index is 12.4. The topological polar surface area (TPSA) is 92.5 Å². The Kier molecular flexibility index (Phi) is 5.78. The summed E-state index contributed by atoms with van der Waals surface area (Å²) in [6.07, 6.45) is 1.71. The molecule has 1 aliphatic rings. The number of sulfonamides is 1. The molecular weight excluding hydrogens is 314 g/mol. The number of primary sulfonamides is 1. The van der Waals surface area contributed by atoms with Gasteiger partial charge in [-0.2, -0.15) is 0 Å². The van der Waals surface area contributed by atoms with Gasteiger partial charge in [0.1, 0.15) is 0 Å². The molecule has 1 aliphatic heterocycles. The lowest BCUT2D eigenvalue weighted by atomic mass is 9.98. The second kappa shape index (κ2) is 7.42. The average Bonchev–Trinajstić information content (AvgIpc) is 2.45. The summed E-state index contributed by atoms with van der Waals surface area (Å²) in [5, 5.41) is 8.06. The minimum absolute atomic E-state index is 0.00651. The third-order valence-electron chi connectivity index (χ3n) is 4.23. The minimum atomic E-state index is -3.47. The summed E-state index contributed by atoms with van der Waals surface area (Å²) in [4.78, 5) is 14.5. The fourth-order valence-electron chi connectivity index (χ4n) is 3.05. The lowest BCUT2D eigenvalue weighted by Gasteiger charge is -2.35. The van der Waals surface area contributed by atoms with Crippen molar-refractivity contribution in [2.24, 2.45) is 11.1 Å². The molecule has 128 valence electrons. The van der Waals surface area contributed by atoms with E-state index in [9.17, 15) is 13.2 Å². The Morgan fingerprint density at radius 1 is 1.48 bits per heavy atom. The number of rotatable bonds is 5. The highest BCUT2D eigenvalue weighted by Gasteiger charge is 2.29. The zero-order valence-electron chi connectivity index (χ0n) is 13.7. The smallest absolute Gasteiger partial charge is 0.241 e. The second-order valence-corrected chi connectivity index (χ2v) is 8.03. The van der Waals surface area contributed by atoms with E-state index in [1.807, 2.05) is 43.0 Å². The molecule has 6 nitrogen and oxygen atoms in total. The van der Waals surface area contributed by atoms with Crippen LogP contribution < -0.4 is 10.5 Å². The van der Waals surface area contributed by atoms with Gasteiger partial charge in [0.25, 0.3) is 0 Å². The number of hydrogen-bond acceptors (Lipinski definition) is 4. The van der Waals surface area contributed by atoms with Gasteiger partial charge in [-0.3, -0.25) is 9.69 Å². The number of piperidine rings is 1. The predicted octanol–water partition coefficient (Wildman–Crippen LogP) is 1.32. The summed E-state index contributed by atoms with van der Waals surface area (Å²) in [6.45, 7) is 5.20. The molecule has 0 bridgehead atoms. The van der Waals surface area contributed by atoms with Gasteiger partial charge in [-0.15, -0.1) is 0 Å². The number of carbonyl (C=O) groups excluding carboxylic acids is 1. The molecule has 1 heterocycles. The lowest BCUT2D eigenvalue weighted by Crippen LogP contribution is -2.48. The lowest BCUT2D eigenvalue weighted by molar-refractivity contribution is -0.121. The maximum Gasteiger partial charge on any atom is 0.241 e. The molecule has 0 aliphatic carbocycles. The summed E-state index contributed by atoms with van der Waals surface area (Å²) in [7, 11) is -3.47. The van der Waals surface area contributed by atoms with Crippen molar-refractivity contribution in [2.75, 3.05) is 24.2 Å². The highest BCUT2D eigenvalue weighted by molar-refractivity contribution is 7.89. The van der Waals surface area contributed by atoms with Crippen LogP contribution in [0.5, 0.6) is 0 Å². The Morgan fingerprint density at radius 2 is 2.22 bits per heavy atom. The molecule has 7 heteroatoms. The number of nitrogens with zero attached hydrogens (tertiary/aromatic N) is 1. The van der Waals surface area contributed by atoms with Gasteiger partial charge in [0, 0.05) is 12.2 Å². The number of likely N-dealkylation sites (tertiary alicyclic amines) is 1. The summed E-state index contributed by atoms with van der Waals surface area (Å²) in [5.41, 5.74) is 1.86. The molecule has 23 heavy (non-hydrogen) atoms. The van der Waals surface area contributed by atoms with E-state index in [0.717, 1.165) is 30.6 Å². The Hall–Kier alpha value is -1.44. The number of nitrogens with two attached hydrogens (primary N) is 1.